The fraction of sp³-hybridized carbons (Fsp3) is 0.0667. The van der Waals surface area contributed by atoms with Crippen LogP contribution in [0.5, 0.6) is 0 Å². The van der Waals surface area contributed by atoms with Gasteiger partial charge in [0.2, 0.25) is 5.91 Å². The van der Waals surface area contributed by atoms with Gasteiger partial charge < -0.3 is 5.73 Å². The van der Waals surface area contributed by atoms with E-state index in [0.29, 0.717) is 10.0 Å². The Hall–Kier alpha value is -2.14. The maximum Gasteiger partial charge on any atom is 0.249 e. The number of nitrogens with zero attached hydrogens (tertiary/aromatic N) is 2. The van der Waals surface area contributed by atoms with Crippen LogP contribution in [0.2, 0.25) is 0 Å². The molecule has 3 rings (SSSR count). The van der Waals surface area contributed by atoms with Crippen molar-refractivity contribution in [3.63, 3.8) is 0 Å². The van der Waals surface area contributed by atoms with Crippen LogP contribution in [0, 0.1) is 6.92 Å². The molecule has 2 N–H and O–H groups in total. The summed E-state index contributed by atoms with van der Waals surface area (Å²) >= 11 is 3.39. The monoisotopic (exact) mass is 329 g/mol. The third-order valence-electron chi connectivity index (χ3n) is 3.20. The number of aromatic nitrogens is 2. The topological polar surface area (TPSA) is 60.9 Å². The highest BCUT2D eigenvalue weighted by molar-refractivity contribution is 9.10. The Bertz CT molecular complexity index is 823. The lowest BCUT2D eigenvalue weighted by atomic mass is 10.2. The predicted molar refractivity (Wildman–Crippen MR) is 82.0 cm³/mol. The number of nitrogens with two attached hydrogens (primary N) is 1. The number of halogens is 1. The molecule has 5 heteroatoms. The number of hydrogen-bond acceptors (Lipinski definition) is 2. The number of hydrogen-bond donors (Lipinski definition) is 1. The summed E-state index contributed by atoms with van der Waals surface area (Å²) < 4.78 is 2.73. The van der Waals surface area contributed by atoms with Gasteiger partial charge in [0.05, 0.1) is 16.6 Å². The SMILES string of the molecule is Cc1nc2ccccc2n1-c1ccc(C(N)=O)c(Br)c1. The highest BCUT2D eigenvalue weighted by Gasteiger charge is 2.11. The summed E-state index contributed by atoms with van der Waals surface area (Å²) in [5.74, 6) is 0.445. The molecule has 1 heterocycles. The number of aryl methyl sites for hydroxylation is 1. The van der Waals surface area contributed by atoms with Crippen LogP contribution in [0.3, 0.4) is 0 Å². The smallest absolute Gasteiger partial charge is 0.249 e. The van der Waals surface area contributed by atoms with Gasteiger partial charge in [-0.1, -0.05) is 12.1 Å². The molecule has 0 aliphatic heterocycles. The van der Waals surface area contributed by atoms with Gasteiger partial charge in [-0.25, -0.2) is 4.98 Å². The Balaban J connectivity index is 2.23. The Labute approximate surface area is 124 Å². The largest absolute Gasteiger partial charge is 0.366 e. The molecule has 0 saturated heterocycles. The molecular weight excluding hydrogens is 318 g/mol. The Morgan fingerprint density at radius 1 is 1.25 bits per heavy atom. The molecule has 4 nitrogen and oxygen atoms in total. The van der Waals surface area contributed by atoms with E-state index < -0.39 is 5.91 Å². The van der Waals surface area contributed by atoms with Gasteiger partial charge >= 0.3 is 0 Å². The molecule has 0 bridgehead atoms. The predicted octanol–water partition coefficient (Wildman–Crippen LogP) is 3.20. The van der Waals surface area contributed by atoms with Gasteiger partial charge in [0.25, 0.3) is 0 Å². The summed E-state index contributed by atoms with van der Waals surface area (Å²) in [4.78, 5) is 15.8. The molecule has 0 atom stereocenters. The van der Waals surface area contributed by atoms with Crippen molar-refractivity contribution in [2.24, 2.45) is 5.73 Å². The van der Waals surface area contributed by atoms with Crippen molar-refractivity contribution < 1.29 is 4.79 Å². The summed E-state index contributed by atoms with van der Waals surface area (Å²) in [6, 6.07) is 13.4. The molecule has 0 fully saturated rings. The summed E-state index contributed by atoms with van der Waals surface area (Å²) in [5, 5.41) is 0. The fourth-order valence-electron chi connectivity index (χ4n) is 2.32. The second-order valence-corrected chi connectivity index (χ2v) is 5.37. The zero-order valence-corrected chi connectivity index (χ0v) is 12.4. The van der Waals surface area contributed by atoms with Gasteiger partial charge in [0, 0.05) is 10.2 Å². The van der Waals surface area contributed by atoms with E-state index in [1.165, 1.54) is 0 Å². The molecule has 0 spiro atoms. The van der Waals surface area contributed by atoms with Crippen LogP contribution in [0.25, 0.3) is 16.7 Å². The first-order valence-corrected chi connectivity index (χ1v) is 6.91. The van der Waals surface area contributed by atoms with E-state index in [1.807, 2.05) is 47.9 Å². The van der Waals surface area contributed by atoms with Crippen LogP contribution < -0.4 is 5.73 Å². The average Bonchev–Trinajstić information content (AvgIpc) is 2.73. The van der Waals surface area contributed by atoms with Crippen molar-refractivity contribution >= 4 is 32.9 Å². The Kier molecular flexibility index (Phi) is 3.06. The van der Waals surface area contributed by atoms with Gasteiger partial charge in [-0.05, 0) is 53.2 Å². The minimum Gasteiger partial charge on any atom is -0.366 e. The minimum atomic E-state index is -0.448. The van der Waals surface area contributed by atoms with Crippen molar-refractivity contribution in [2.75, 3.05) is 0 Å². The van der Waals surface area contributed by atoms with Gasteiger partial charge in [-0.3, -0.25) is 9.36 Å². The van der Waals surface area contributed by atoms with Gasteiger partial charge in [0.15, 0.2) is 0 Å². The van der Waals surface area contributed by atoms with Crippen LogP contribution in [-0.4, -0.2) is 15.5 Å². The fourth-order valence-corrected chi connectivity index (χ4v) is 2.88. The van der Waals surface area contributed by atoms with Crippen molar-refractivity contribution in [2.45, 2.75) is 6.92 Å². The summed E-state index contributed by atoms with van der Waals surface area (Å²) in [5.41, 5.74) is 8.70. The standard InChI is InChI=1S/C15H12BrN3O/c1-9-18-13-4-2-3-5-14(13)19(9)10-6-7-11(15(17)20)12(16)8-10/h2-8H,1H3,(H2,17,20). The van der Waals surface area contributed by atoms with Crippen molar-refractivity contribution in [3.8, 4) is 5.69 Å². The third kappa shape index (κ3) is 2.00. The number of benzene rings is 2. The highest BCUT2D eigenvalue weighted by atomic mass is 79.9. The number of imidazole rings is 1. The van der Waals surface area contributed by atoms with Crippen LogP contribution in [0.1, 0.15) is 16.2 Å². The number of carbonyl (C=O) groups is 1. The third-order valence-corrected chi connectivity index (χ3v) is 3.86. The quantitative estimate of drug-likeness (QED) is 0.784. The molecule has 1 aromatic heterocycles. The van der Waals surface area contributed by atoms with E-state index in [4.69, 9.17) is 5.73 Å². The molecule has 20 heavy (non-hydrogen) atoms. The molecular formula is C15H12BrN3O. The number of rotatable bonds is 2. The first-order chi connectivity index (χ1) is 9.58. The number of carbonyl (C=O) groups excluding carboxylic acids is 1. The second-order valence-electron chi connectivity index (χ2n) is 4.51. The molecule has 0 aliphatic rings. The minimum absolute atomic E-state index is 0.448. The van der Waals surface area contributed by atoms with Crippen LogP contribution in [0.4, 0.5) is 0 Å². The van der Waals surface area contributed by atoms with E-state index in [-0.39, 0.29) is 0 Å². The van der Waals surface area contributed by atoms with Crippen LogP contribution >= 0.6 is 15.9 Å². The lowest BCUT2D eigenvalue weighted by molar-refractivity contribution is 0.0999. The Morgan fingerprint density at radius 2 is 2.00 bits per heavy atom. The van der Waals surface area contributed by atoms with E-state index in [9.17, 15) is 4.79 Å². The summed E-state index contributed by atoms with van der Waals surface area (Å²) in [6.07, 6.45) is 0. The summed E-state index contributed by atoms with van der Waals surface area (Å²) in [6.45, 7) is 1.95. The zero-order chi connectivity index (χ0) is 14.3. The zero-order valence-electron chi connectivity index (χ0n) is 10.8. The van der Waals surface area contributed by atoms with Crippen LogP contribution in [-0.2, 0) is 0 Å². The first-order valence-electron chi connectivity index (χ1n) is 6.12. The van der Waals surface area contributed by atoms with E-state index in [0.717, 1.165) is 22.5 Å². The number of primary amides is 1. The maximum atomic E-state index is 11.3. The van der Waals surface area contributed by atoms with Crippen molar-refractivity contribution in [1.82, 2.24) is 9.55 Å². The molecule has 1 amide bonds. The van der Waals surface area contributed by atoms with Crippen LogP contribution in [0.15, 0.2) is 46.9 Å². The van der Waals surface area contributed by atoms with Crippen molar-refractivity contribution in [3.05, 3.63) is 58.3 Å². The number of fused-ring (bicyclic) bond motifs is 1. The number of amides is 1. The maximum absolute atomic E-state index is 11.3. The van der Waals surface area contributed by atoms with Gasteiger partial charge in [0.1, 0.15) is 5.82 Å². The van der Waals surface area contributed by atoms with E-state index >= 15 is 0 Å². The van der Waals surface area contributed by atoms with Crippen molar-refractivity contribution in [1.29, 1.82) is 0 Å². The van der Waals surface area contributed by atoms with Gasteiger partial charge in [-0.2, -0.15) is 0 Å². The van der Waals surface area contributed by atoms with E-state index in [2.05, 4.69) is 20.9 Å². The number of para-hydroxylation sites is 2. The summed E-state index contributed by atoms with van der Waals surface area (Å²) in [7, 11) is 0. The molecule has 0 unspecified atom stereocenters. The molecule has 3 aromatic rings. The normalized spacial score (nSPS) is 10.9. The molecule has 0 radical (unpaired) electrons. The van der Waals surface area contributed by atoms with Gasteiger partial charge in [-0.15, -0.1) is 0 Å². The molecule has 0 aliphatic carbocycles. The Morgan fingerprint density at radius 3 is 2.70 bits per heavy atom. The molecule has 0 saturated carbocycles. The lowest BCUT2D eigenvalue weighted by Gasteiger charge is -2.09. The van der Waals surface area contributed by atoms with E-state index in [1.54, 1.807) is 6.07 Å². The molecule has 2 aromatic carbocycles. The second kappa shape index (κ2) is 4.76. The highest BCUT2D eigenvalue weighted by Crippen LogP contribution is 2.25. The lowest BCUT2D eigenvalue weighted by Crippen LogP contribution is -2.12. The average molecular weight is 330 g/mol. The molecule has 100 valence electrons. The first kappa shape index (κ1) is 12.9.